The number of rotatable bonds is 6. The molecule has 0 saturated heterocycles. The predicted molar refractivity (Wildman–Crippen MR) is 95.3 cm³/mol. The number of carboxylic acids is 1. The Bertz CT molecular complexity index is 852. The third-order valence-electron chi connectivity index (χ3n) is 3.43. The third-order valence-corrected chi connectivity index (χ3v) is 3.43. The zero-order valence-electron chi connectivity index (χ0n) is 15.9. The van der Waals surface area contributed by atoms with Crippen molar-refractivity contribution in [2.75, 3.05) is 0 Å². The van der Waals surface area contributed by atoms with Gasteiger partial charge in [-0.1, -0.05) is 0 Å². The van der Waals surface area contributed by atoms with Gasteiger partial charge in [0, 0.05) is 12.0 Å². The topological polar surface area (TPSA) is 98.0 Å². The first kappa shape index (κ1) is 22.1. The molecule has 0 aliphatic carbocycles. The molecular formula is C19H20F3NO6. The summed E-state index contributed by atoms with van der Waals surface area (Å²) < 4.78 is 51.0. The average Bonchev–Trinajstić information content (AvgIpc) is 3.00. The van der Waals surface area contributed by atoms with E-state index in [4.69, 9.17) is 9.15 Å². The smallest absolute Gasteiger partial charge is 0.480 e. The van der Waals surface area contributed by atoms with Crippen LogP contribution in [-0.4, -0.2) is 35.2 Å². The molecule has 2 rings (SSSR count). The van der Waals surface area contributed by atoms with Crippen molar-refractivity contribution in [3.63, 3.8) is 0 Å². The van der Waals surface area contributed by atoms with Crippen LogP contribution in [0.1, 0.15) is 26.5 Å². The van der Waals surface area contributed by atoms with Gasteiger partial charge in [0.05, 0.1) is 0 Å². The Morgan fingerprint density at radius 3 is 2.24 bits per heavy atom. The van der Waals surface area contributed by atoms with Crippen molar-refractivity contribution in [1.29, 1.82) is 0 Å². The van der Waals surface area contributed by atoms with E-state index in [1.54, 1.807) is 26.8 Å². The Morgan fingerprint density at radius 1 is 1.10 bits per heavy atom. The second-order valence-corrected chi connectivity index (χ2v) is 7.08. The highest BCUT2D eigenvalue weighted by molar-refractivity contribution is 5.80. The summed E-state index contributed by atoms with van der Waals surface area (Å²) in [5.41, 5.74) is -0.315. The number of carboxylic acid groups (broad SMARTS) is 1. The average molecular weight is 415 g/mol. The number of aliphatic carboxylic acids is 1. The van der Waals surface area contributed by atoms with Gasteiger partial charge in [-0.15, -0.1) is 13.2 Å². The normalized spacial score (nSPS) is 12.9. The molecule has 0 fully saturated rings. The molecule has 2 aromatic rings. The molecule has 0 aliphatic rings. The quantitative estimate of drug-likeness (QED) is 0.727. The number of halogens is 3. The Hall–Kier alpha value is -3.17. The Kier molecular flexibility index (Phi) is 6.45. The van der Waals surface area contributed by atoms with Crippen LogP contribution in [0.25, 0.3) is 11.3 Å². The maximum Gasteiger partial charge on any atom is 0.573 e. The lowest BCUT2D eigenvalue weighted by Crippen LogP contribution is -2.44. The Balaban J connectivity index is 2.06. The van der Waals surface area contributed by atoms with E-state index in [1.807, 2.05) is 0 Å². The van der Waals surface area contributed by atoms with Gasteiger partial charge in [0.2, 0.25) is 0 Å². The summed E-state index contributed by atoms with van der Waals surface area (Å²) >= 11 is 0. The maximum atomic E-state index is 12.2. The number of benzene rings is 1. The highest BCUT2D eigenvalue weighted by Crippen LogP contribution is 2.28. The van der Waals surface area contributed by atoms with Gasteiger partial charge in [-0.3, -0.25) is 0 Å². The van der Waals surface area contributed by atoms with E-state index < -0.39 is 30.1 Å². The molecule has 29 heavy (non-hydrogen) atoms. The third kappa shape index (κ3) is 7.40. The number of alkyl carbamates (subject to hydrolysis) is 1. The van der Waals surface area contributed by atoms with Gasteiger partial charge in [0.25, 0.3) is 0 Å². The van der Waals surface area contributed by atoms with Crippen molar-refractivity contribution < 1.29 is 41.8 Å². The second kappa shape index (κ2) is 8.46. The van der Waals surface area contributed by atoms with E-state index in [2.05, 4.69) is 10.1 Å². The fourth-order valence-corrected chi connectivity index (χ4v) is 2.31. The molecule has 0 radical (unpaired) electrons. The van der Waals surface area contributed by atoms with Crippen molar-refractivity contribution in [1.82, 2.24) is 5.32 Å². The summed E-state index contributed by atoms with van der Waals surface area (Å²) in [7, 11) is 0. The number of hydrogen-bond donors (Lipinski definition) is 2. The van der Waals surface area contributed by atoms with E-state index >= 15 is 0 Å². The van der Waals surface area contributed by atoms with Crippen LogP contribution in [-0.2, 0) is 16.0 Å². The lowest BCUT2D eigenvalue weighted by molar-refractivity contribution is -0.274. The van der Waals surface area contributed by atoms with E-state index in [0.717, 1.165) is 12.1 Å². The molecular weight excluding hydrogens is 395 g/mol. The summed E-state index contributed by atoms with van der Waals surface area (Å²) in [6.45, 7) is 4.94. The van der Waals surface area contributed by atoms with Crippen molar-refractivity contribution in [3.8, 4) is 17.1 Å². The molecule has 7 nitrogen and oxygen atoms in total. The minimum absolute atomic E-state index is 0.149. The van der Waals surface area contributed by atoms with Crippen molar-refractivity contribution in [2.24, 2.45) is 0 Å². The lowest BCUT2D eigenvalue weighted by atomic mass is 10.1. The van der Waals surface area contributed by atoms with E-state index in [9.17, 15) is 27.9 Å². The fraction of sp³-hybridized carbons (Fsp3) is 0.368. The molecule has 1 atom stereocenters. The minimum atomic E-state index is -4.79. The zero-order chi connectivity index (χ0) is 21.8. The van der Waals surface area contributed by atoms with Crippen LogP contribution in [0.5, 0.6) is 5.75 Å². The van der Waals surface area contributed by atoms with Gasteiger partial charge >= 0.3 is 18.4 Å². The van der Waals surface area contributed by atoms with E-state index in [0.29, 0.717) is 11.3 Å². The SMILES string of the molecule is CC(C)(C)OC(=O)NC(Cc1ccc(-c2ccc(OC(F)(F)F)cc2)o1)C(=O)O. The van der Waals surface area contributed by atoms with Crippen LogP contribution in [0.3, 0.4) is 0 Å². The number of ether oxygens (including phenoxy) is 2. The largest absolute Gasteiger partial charge is 0.573 e. The number of furan rings is 1. The van der Waals surface area contributed by atoms with Gasteiger partial charge in [-0.25, -0.2) is 9.59 Å². The highest BCUT2D eigenvalue weighted by Gasteiger charge is 2.31. The molecule has 0 spiro atoms. The van der Waals surface area contributed by atoms with Crippen LogP contribution >= 0.6 is 0 Å². The molecule has 1 aromatic carbocycles. The molecule has 1 heterocycles. The van der Waals surface area contributed by atoms with Crippen molar-refractivity contribution in [2.45, 2.75) is 45.2 Å². The molecule has 2 N–H and O–H groups in total. The van der Waals surface area contributed by atoms with Crippen LogP contribution in [0.15, 0.2) is 40.8 Å². The van der Waals surface area contributed by atoms with Crippen LogP contribution in [0.4, 0.5) is 18.0 Å². The highest BCUT2D eigenvalue weighted by atomic mass is 19.4. The van der Waals surface area contributed by atoms with Gasteiger partial charge in [0.1, 0.15) is 28.9 Å². The molecule has 0 saturated carbocycles. The summed E-state index contributed by atoms with van der Waals surface area (Å²) in [6, 6.07) is 6.79. The summed E-state index contributed by atoms with van der Waals surface area (Å²) in [4.78, 5) is 23.2. The lowest BCUT2D eigenvalue weighted by Gasteiger charge is -2.21. The van der Waals surface area contributed by atoms with Gasteiger partial charge in [-0.2, -0.15) is 0 Å². The van der Waals surface area contributed by atoms with Gasteiger partial charge in [0.15, 0.2) is 0 Å². The predicted octanol–water partition coefficient (Wildman–Crippen LogP) is 4.37. The summed E-state index contributed by atoms with van der Waals surface area (Å²) in [5, 5.41) is 11.6. The molecule has 0 aliphatic heterocycles. The molecule has 1 amide bonds. The Labute approximate surface area is 164 Å². The van der Waals surface area contributed by atoms with Gasteiger partial charge < -0.3 is 24.3 Å². The second-order valence-electron chi connectivity index (χ2n) is 7.08. The first-order valence-electron chi connectivity index (χ1n) is 8.49. The number of carbonyl (C=O) groups excluding carboxylic acids is 1. The fourth-order valence-electron chi connectivity index (χ4n) is 2.31. The molecule has 1 aromatic heterocycles. The van der Waals surface area contributed by atoms with E-state index in [-0.39, 0.29) is 17.9 Å². The number of nitrogens with one attached hydrogen (secondary N) is 1. The van der Waals surface area contributed by atoms with Crippen molar-refractivity contribution in [3.05, 3.63) is 42.2 Å². The van der Waals surface area contributed by atoms with Crippen LogP contribution in [0, 0.1) is 0 Å². The van der Waals surface area contributed by atoms with Crippen LogP contribution in [0.2, 0.25) is 0 Å². The summed E-state index contributed by atoms with van der Waals surface area (Å²) in [5.74, 6) is -1.07. The number of amides is 1. The zero-order valence-corrected chi connectivity index (χ0v) is 15.9. The first-order valence-corrected chi connectivity index (χ1v) is 8.49. The minimum Gasteiger partial charge on any atom is -0.480 e. The maximum absolute atomic E-state index is 12.2. The standard InChI is InChI=1S/C19H20F3NO6/c1-18(2,3)29-17(26)23-14(16(24)25)10-13-8-9-15(27-13)11-4-6-12(7-5-11)28-19(20,21)22/h4-9,14H,10H2,1-3H3,(H,23,26)(H,24,25). The van der Waals surface area contributed by atoms with Gasteiger partial charge in [-0.05, 0) is 57.2 Å². The van der Waals surface area contributed by atoms with Crippen LogP contribution < -0.4 is 10.1 Å². The Morgan fingerprint density at radius 2 is 1.72 bits per heavy atom. The van der Waals surface area contributed by atoms with E-state index in [1.165, 1.54) is 18.2 Å². The van der Waals surface area contributed by atoms with Crippen molar-refractivity contribution >= 4 is 12.1 Å². The number of hydrogen-bond acceptors (Lipinski definition) is 5. The molecule has 0 bridgehead atoms. The monoisotopic (exact) mass is 415 g/mol. The molecule has 10 heteroatoms. The molecule has 1 unspecified atom stereocenters. The number of carbonyl (C=O) groups is 2. The molecule has 158 valence electrons. The summed E-state index contributed by atoms with van der Waals surface area (Å²) in [6.07, 6.45) is -5.81. The number of alkyl halides is 3. The first-order chi connectivity index (χ1) is 13.3.